The van der Waals surface area contributed by atoms with Crippen molar-refractivity contribution in [3.05, 3.63) is 36.5 Å². The second-order valence-electron chi connectivity index (χ2n) is 18.8. The fourth-order valence-corrected chi connectivity index (χ4v) is 8.22. The zero-order chi connectivity index (χ0) is 46.5. The highest BCUT2D eigenvalue weighted by Gasteiger charge is 2.19. The first-order valence-corrected chi connectivity index (χ1v) is 28.0. The zero-order valence-electron chi connectivity index (χ0n) is 42.8. The third-order valence-corrected chi connectivity index (χ3v) is 12.4. The highest BCUT2D eigenvalue weighted by Crippen LogP contribution is 2.17. The number of esters is 3. The van der Waals surface area contributed by atoms with E-state index in [4.69, 9.17) is 14.2 Å². The van der Waals surface area contributed by atoms with Crippen molar-refractivity contribution < 1.29 is 28.6 Å². The van der Waals surface area contributed by atoms with E-state index >= 15 is 0 Å². The lowest BCUT2D eigenvalue weighted by molar-refractivity contribution is -0.167. The summed E-state index contributed by atoms with van der Waals surface area (Å²) in [6.07, 6.45) is 62.7. The van der Waals surface area contributed by atoms with Gasteiger partial charge in [0.05, 0.1) is 0 Å². The van der Waals surface area contributed by atoms with E-state index in [-0.39, 0.29) is 31.1 Å². The quantitative estimate of drug-likeness (QED) is 0.0262. The van der Waals surface area contributed by atoms with E-state index in [9.17, 15) is 14.4 Å². The van der Waals surface area contributed by atoms with Crippen LogP contribution in [0.4, 0.5) is 0 Å². The molecule has 0 aliphatic carbocycles. The number of hydrogen-bond donors (Lipinski definition) is 0. The maximum Gasteiger partial charge on any atom is 0.306 e. The summed E-state index contributed by atoms with van der Waals surface area (Å²) in [4.78, 5) is 38.1. The molecule has 0 amide bonds. The van der Waals surface area contributed by atoms with Crippen molar-refractivity contribution in [2.45, 2.75) is 303 Å². The SMILES string of the molecule is CC/C=C\C/C=C\C/C=C\CCCCCCCC(=O)OC(COC(=O)CCCCCCCCCCCCCCCCC)COC(=O)CCCCCCCCCCCCCCCCCC. The number of unbranched alkanes of at least 4 members (excludes halogenated alkanes) is 34. The third kappa shape index (κ3) is 50.6. The minimum absolute atomic E-state index is 0.0745. The van der Waals surface area contributed by atoms with Crippen LogP contribution in [0.1, 0.15) is 297 Å². The van der Waals surface area contributed by atoms with Crippen LogP contribution in [-0.4, -0.2) is 37.2 Å². The van der Waals surface area contributed by atoms with Crippen molar-refractivity contribution in [3.8, 4) is 0 Å². The van der Waals surface area contributed by atoms with E-state index in [1.165, 1.54) is 161 Å². The minimum atomic E-state index is -0.776. The Kier molecular flexibility index (Phi) is 51.3. The van der Waals surface area contributed by atoms with Gasteiger partial charge in [0.2, 0.25) is 0 Å². The van der Waals surface area contributed by atoms with Gasteiger partial charge in [0.25, 0.3) is 0 Å². The maximum atomic E-state index is 12.8. The van der Waals surface area contributed by atoms with Crippen molar-refractivity contribution in [1.29, 1.82) is 0 Å². The fraction of sp³-hybridized carbons (Fsp3) is 0.845. The van der Waals surface area contributed by atoms with Crippen molar-refractivity contribution in [3.63, 3.8) is 0 Å². The summed E-state index contributed by atoms with van der Waals surface area (Å²) in [7, 11) is 0. The van der Waals surface area contributed by atoms with Crippen LogP contribution >= 0.6 is 0 Å². The first kappa shape index (κ1) is 61.6. The van der Waals surface area contributed by atoms with E-state index in [2.05, 4.69) is 57.2 Å². The summed E-state index contributed by atoms with van der Waals surface area (Å²) in [6.45, 7) is 6.56. The van der Waals surface area contributed by atoms with Gasteiger partial charge in [-0.2, -0.15) is 0 Å². The maximum absolute atomic E-state index is 12.8. The van der Waals surface area contributed by atoms with Crippen molar-refractivity contribution in [2.75, 3.05) is 13.2 Å². The topological polar surface area (TPSA) is 78.9 Å². The number of carbonyl (C=O) groups is 3. The van der Waals surface area contributed by atoms with E-state index in [0.29, 0.717) is 19.3 Å². The van der Waals surface area contributed by atoms with Crippen LogP contribution in [0.25, 0.3) is 0 Å². The summed E-state index contributed by atoms with van der Waals surface area (Å²) < 4.78 is 16.9. The van der Waals surface area contributed by atoms with E-state index in [0.717, 1.165) is 96.3 Å². The molecule has 0 aromatic heterocycles. The lowest BCUT2D eigenvalue weighted by atomic mass is 10.0. The Hall–Kier alpha value is -2.37. The van der Waals surface area contributed by atoms with Gasteiger partial charge < -0.3 is 14.2 Å². The molecular weight excluding hydrogens is 793 g/mol. The molecule has 1 atom stereocenters. The van der Waals surface area contributed by atoms with Gasteiger partial charge in [-0.25, -0.2) is 0 Å². The summed E-state index contributed by atoms with van der Waals surface area (Å²) in [5.74, 6) is -0.874. The Bertz CT molecular complexity index is 1080. The molecule has 0 radical (unpaired) electrons. The first-order valence-electron chi connectivity index (χ1n) is 28.0. The number of rotatable bonds is 51. The van der Waals surface area contributed by atoms with Crippen molar-refractivity contribution in [2.24, 2.45) is 0 Å². The van der Waals surface area contributed by atoms with Crippen LogP contribution in [-0.2, 0) is 28.6 Å². The van der Waals surface area contributed by atoms with Gasteiger partial charge in [0, 0.05) is 19.3 Å². The van der Waals surface area contributed by atoms with Crippen LogP contribution < -0.4 is 0 Å². The van der Waals surface area contributed by atoms with Crippen LogP contribution in [0, 0.1) is 0 Å². The Morgan fingerprint density at radius 1 is 0.328 bits per heavy atom. The molecule has 374 valence electrons. The fourth-order valence-electron chi connectivity index (χ4n) is 8.22. The Balaban J connectivity index is 4.35. The summed E-state index contributed by atoms with van der Waals surface area (Å²) >= 11 is 0. The molecule has 6 nitrogen and oxygen atoms in total. The highest BCUT2D eigenvalue weighted by atomic mass is 16.6. The average Bonchev–Trinajstić information content (AvgIpc) is 3.29. The van der Waals surface area contributed by atoms with Gasteiger partial charge in [0.15, 0.2) is 6.10 Å². The first-order chi connectivity index (χ1) is 31.5. The van der Waals surface area contributed by atoms with Crippen LogP contribution in [0.2, 0.25) is 0 Å². The molecule has 0 spiro atoms. The molecule has 0 rings (SSSR count). The van der Waals surface area contributed by atoms with Crippen LogP contribution in [0.3, 0.4) is 0 Å². The molecule has 0 aromatic rings. The largest absolute Gasteiger partial charge is 0.462 e. The molecule has 0 aliphatic rings. The highest BCUT2D eigenvalue weighted by molar-refractivity contribution is 5.71. The molecule has 0 N–H and O–H groups in total. The van der Waals surface area contributed by atoms with Gasteiger partial charge in [-0.15, -0.1) is 0 Å². The molecule has 6 heteroatoms. The number of carbonyl (C=O) groups excluding carboxylic acids is 3. The van der Waals surface area contributed by atoms with Gasteiger partial charge >= 0.3 is 17.9 Å². The number of ether oxygens (including phenoxy) is 3. The summed E-state index contributed by atoms with van der Waals surface area (Å²) in [6, 6.07) is 0. The molecule has 0 aromatic carbocycles. The number of hydrogen-bond acceptors (Lipinski definition) is 6. The molecule has 64 heavy (non-hydrogen) atoms. The Labute approximate surface area is 397 Å². The van der Waals surface area contributed by atoms with Crippen molar-refractivity contribution in [1.82, 2.24) is 0 Å². The lowest BCUT2D eigenvalue weighted by Crippen LogP contribution is -2.30. The normalized spacial score (nSPS) is 12.2. The summed E-state index contributed by atoms with van der Waals surface area (Å²) in [5, 5.41) is 0. The molecule has 0 bridgehead atoms. The molecule has 1 unspecified atom stereocenters. The smallest absolute Gasteiger partial charge is 0.306 e. The van der Waals surface area contributed by atoms with Gasteiger partial charge in [-0.3, -0.25) is 14.4 Å². The average molecular weight is 899 g/mol. The molecule has 0 aliphatic heterocycles. The molecular formula is C58H106O6. The van der Waals surface area contributed by atoms with Crippen LogP contribution in [0.15, 0.2) is 36.5 Å². The molecule has 0 fully saturated rings. The lowest BCUT2D eigenvalue weighted by Gasteiger charge is -2.18. The second-order valence-corrected chi connectivity index (χ2v) is 18.8. The van der Waals surface area contributed by atoms with Gasteiger partial charge in [-0.1, -0.05) is 263 Å². The van der Waals surface area contributed by atoms with Gasteiger partial charge in [0.1, 0.15) is 13.2 Å². The summed E-state index contributed by atoms with van der Waals surface area (Å²) in [5.41, 5.74) is 0. The van der Waals surface area contributed by atoms with Crippen molar-refractivity contribution >= 4 is 17.9 Å². The molecule has 0 saturated heterocycles. The standard InChI is InChI=1S/C58H106O6/c1-4-7-10-13-16-19-22-25-28-31-33-36-39-42-45-48-51-57(60)63-54-55(64-58(61)52-49-46-43-40-37-34-30-27-24-21-18-15-12-9-6-3)53-62-56(59)50-47-44-41-38-35-32-29-26-23-20-17-14-11-8-5-2/h9,12,18,21,27,30,55H,4-8,10-11,13-17,19-20,22-26,28-29,31-54H2,1-3H3/b12-9-,21-18-,30-27-. The van der Waals surface area contributed by atoms with E-state index < -0.39 is 6.10 Å². The monoisotopic (exact) mass is 899 g/mol. The predicted octanol–water partition coefficient (Wildman–Crippen LogP) is 18.5. The third-order valence-electron chi connectivity index (χ3n) is 12.4. The van der Waals surface area contributed by atoms with E-state index in [1.54, 1.807) is 0 Å². The number of allylic oxidation sites excluding steroid dienone is 6. The van der Waals surface area contributed by atoms with E-state index in [1.807, 2.05) is 0 Å². The Morgan fingerprint density at radius 2 is 0.609 bits per heavy atom. The predicted molar refractivity (Wildman–Crippen MR) is 275 cm³/mol. The Morgan fingerprint density at radius 3 is 0.953 bits per heavy atom. The van der Waals surface area contributed by atoms with Crippen LogP contribution in [0.5, 0.6) is 0 Å². The zero-order valence-corrected chi connectivity index (χ0v) is 42.8. The minimum Gasteiger partial charge on any atom is -0.462 e. The molecule has 0 heterocycles. The second kappa shape index (κ2) is 53.2. The van der Waals surface area contributed by atoms with Gasteiger partial charge in [-0.05, 0) is 51.4 Å². The molecule has 0 saturated carbocycles.